The van der Waals surface area contributed by atoms with Crippen molar-refractivity contribution < 1.29 is 31.5 Å². The summed E-state index contributed by atoms with van der Waals surface area (Å²) in [7, 11) is -0.901. The Morgan fingerprint density at radius 2 is 1.81 bits per heavy atom. The van der Waals surface area contributed by atoms with Gasteiger partial charge in [0, 0.05) is 25.7 Å². The van der Waals surface area contributed by atoms with Crippen LogP contribution in [0.5, 0.6) is 0 Å². The Bertz CT molecular complexity index is 1360. The first-order valence-corrected chi connectivity index (χ1v) is 11.6. The van der Waals surface area contributed by atoms with Gasteiger partial charge < -0.3 is 9.30 Å². The number of carbonyl (C=O) groups excluding carboxylic acids is 2. The first kappa shape index (κ1) is 23.7. The summed E-state index contributed by atoms with van der Waals surface area (Å²) in [5.41, 5.74) is -0.00192. The number of carbonyl (C=O) groups is 2. The molecule has 0 fully saturated rings. The topological polar surface area (TPSA) is 98.0 Å². The van der Waals surface area contributed by atoms with Crippen molar-refractivity contribution in [2.75, 3.05) is 20.7 Å². The summed E-state index contributed by atoms with van der Waals surface area (Å²) in [6, 6.07) is 6.88. The van der Waals surface area contributed by atoms with Crippen LogP contribution in [0.25, 0.3) is 10.2 Å². The number of fused-ring (bicyclic) bond motifs is 1. The van der Waals surface area contributed by atoms with Crippen LogP contribution < -0.4 is 4.80 Å². The van der Waals surface area contributed by atoms with E-state index >= 15 is 0 Å². The summed E-state index contributed by atoms with van der Waals surface area (Å²) in [6.07, 6.45) is 0. The predicted octanol–water partition coefficient (Wildman–Crippen LogP) is 2.54. The van der Waals surface area contributed by atoms with Gasteiger partial charge in [0.25, 0.3) is 5.91 Å². The van der Waals surface area contributed by atoms with Crippen molar-refractivity contribution in [1.82, 2.24) is 8.87 Å². The number of ether oxygens (including phenoxy) is 1. The van der Waals surface area contributed by atoms with E-state index in [1.165, 1.54) is 38.4 Å². The number of amides is 1. The van der Waals surface area contributed by atoms with E-state index in [1.807, 2.05) is 0 Å². The van der Waals surface area contributed by atoms with E-state index in [9.17, 15) is 26.8 Å². The fourth-order valence-electron chi connectivity index (χ4n) is 2.83. The van der Waals surface area contributed by atoms with Crippen molar-refractivity contribution in [2.24, 2.45) is 4.99 Å². The van der Waals surface area contributed by atoms with Crippen LogP contribution in [0.3, 0.4) is 0 Å². The predicted molar refractivity (Wildman–Crippen MR) is 114 cm³/mol. The van der Waals surface area contributed by atoms with Gasteiger partial charge in [-0.1, -0.05) is 11.3 Å². The van der Waals surface area contributed by atoms with Crippen molar-refractivity contribution in [1.29, 1.82) is 0 Å². The maximum Gasteiger partial charge on any atom is 0.326 e. The third kappa shape index (κ3) is 4.76. The average molecular weight is 484 g/mol. The zero-order valence-electron chi connectivity index (χ0n) is 17.3. The number of thiazole rings is 1. The smallest absolute Gasteiger partial charge is 0.326 e. The second-order valence-corrected chi connectivity index (χ2v) is 9.90. The Hall–Kier alpha value is -2.96. The highest BCUT2D eigenvalue weighted by Crippen LogP contribution is 2.23. The largest absolute Gasteiger partial charge is 0.465 e. The van der Waals surface area contributed by atoms with Gasteiger partial charge in [-0.15, -0.1) is 0 Å². The molecular weight excluding hydrogens is 464 g/mol. The van der Waals surface area contributed by atoms with E-state index < -0.39 is 40.1 Å². The molecule has 0 aliphatic rings. The number of hydrogen-bond donors (Lipinski definition) is 0. The maximum atomic E-state index is 14.4. The van der Waals surface area contributed by atoms with E-state index in [2.05, 4.69) is 4.99 Å². The molecule has 32 heavy (non-hydrogen) atoms. The molecule has 0 aliphatic carbocycles. The summed E-state index contributed by atoms with van der Waals surface area (Å²) in [6.45, 7) is 1.29. The van der Waals surface area contributed by atoms with Crippen LogP contribution in [0.15, 0.2) is 46.3 Å². The van der Waals surface area contributed by atoms with Gasteiger partial charge in [-0.3, -0.25) is 9.59 Å². The second kappa shape index (κ2) is 9.27. The maximum absolute atomic E-state index is 14.4. The Morgan fingerprint density at radius 3 is 2.41 bits per heavy atom. The number of rotatable bonds is 6. The zero-order valence-corrected chi connectivity index (χ0v) is 19.0. The molecule has 1 heterocycles. The number of esters is 1. The quantitative estimate of drug-likeness (QED) is 0.502. The van der Waals surface area contributed by atoms with Crippen molar-refractivity contribution in [3.05, 3.63) is 58.4 Å². The van der Waals surface area contributed by atoms with Crippen LogP contribution >= 0.6 is 11.3 Å². The molecule has 0 bridgehead atoms. The van der Waals surface area contributed by atoms with E-state index in [0.29, 0.717) is 6.07 Å². The van der Waals surface area contributed by atoms with Gasteiger partial charge in [0.15, 0.2) is 10.6 Å². The molecule has 0 saturated heterocycles. The molecule has 3 rings (SSSR count). The van der Waals surface area contributed by atoms with Crippen molar-refractivity contribution in [3.63, 3.8) is 0 Å². The monoisotopic (exact) mass is 483 g/mol. The minimum atomic E-state index is -3.67. The molecule has 3 aromatic rings. The Balaban J connectivity index is 2.08. The van der Waals surface area contributed by atoms with Crippen LogP contribution in [-0.4, -0.2) is 49.9 Å². The molecule has 1 amide bonds. The molecule has 0 aliphatic heterocycles. The van der Waals surface area contributed by atoms with E-state index in [0.717, 1.165) is 26.3 Å². The molecule has 0 N–H and O–H groups in total. The highest BCUT2D eigenvalue weighted by atomic mass is 32.2. The van der Waals surface area contributed by atoms with E-state index in [-0.39, 0.29) is 32.1 Å². The average Bonchev–Trinajstić information content (AvgIpc) is 3.04. The number of benzene rings is 2. The third-order valence-corrected chi connectivity index (χ3v) is 7.22. The van der Waals surface area contributed by atoms with Crippen molar-refractivity contribution in [3.8, 4) is 0 Å². The molecule has 8 nitrogen and oxygen atoms in total. The molecule has 2 aromatic carbocycles. The van der Waals surface area contributed by atoms with Crippen LogP contribution in [0.2, 0.25) is 0 Å². The van der Waals surface area contributed by atoms with Gasteiger partial charge in [-0.05, 0) is 37.3 Å². The standard InChI is InChI=1S/C20H19F2N3O5S2/c1-4-30-17(26)11-25-18-15(22)9-13(21)10-16(18)31-20(25)23-19(27)12-5-7-14(8-6-12)32(28,29)24(2)3/h5-10H,4,11H2,1-3H3. The molecular formula is C20H19F2N3O5S2. The number of hydrogen-bond acceptors (Lipinski definition) is 6. The van der Waals surface area contributed by atoms with Crippen LogP contribution in [-0.2, 0) is 26.1 Å². The van der Waals surface area contributed by atoms with Gasteiger partial charge in [-0.25, -0.2) is 21.5 Å². The Morgan fingerprint density at radius 1 is 1.16 bits per heavy atom. The van der Waals surface area contributed by atoms with E-state index in [4.69, 9.17) is 4.74 Å². The lowest BCUT2D eigenvalue weighted by atomic mass is 10.2. The lowest BCUT2D eigenvalue weighted by Crippen LogP contribution is -2.23. The summed E-state index contributed by atoms with van der Waals surface area (Å²) >= 11 is 0.832. The zero-order chi connectivity index (χ0) is 23.6. The molecule has 0 spiro atoms. The molecule has 0 unspecified atom stereocenters. The number of nitrogens with zero attached hydrogens (tertiary/aromatic N) is 3. The minimum Gasteiger partial charge on any atom is -0.465 e. The molecule has 0 radical (unpaired) electrons. The van der Waals surface area contributed by atoms with Crippen LogP contribution in [0.4, 0.5) is 8.78 Å². The normalized spacial score (nSPS) is 12.5. The SMILES string of the molecule is CCOC(=O)Cn1c(=NC(=O)c2ccc(S(=O)(=O)N(C)C)cc2)sc2cc(F)cc(F)c21. The highest BCUT2D eigenvalue weighted by molar-refractivity contribution is 7.89. The van der Waals surface area contributed by atoms with Crippen molar-refractivity contribution >= 4 is 43.5 Å². The highest BCUT2D eigenvalue weighted by Gasteiger charge is 2.19. The summed E-state index contributed by atoms with van der Waals surface area (Å²) in [5.74, 6) is -3.14. The Kier molecular flexibility index (Phi) is 6.86. The number of halogens is 2. The van der Waals surface area contributed by atoms with Crippen molar-refractivity contribution in [2.45, 2.75) is 18.4 Å². The van der Waals surface area contributed by atoms with Gasteiger partial charge in [0.2, 0.25) is 10.0 Å². The lowest BCUT2D eigenvalue weighted by molar-refractivity contribution is -0.143. The first-order valence-electron chi connectivity index (χ1n) is 9.30. The molecule has 1 aromatic heterocycles. The Labute approximate surface area is 186 Å². The summed E-state index contributed by atoms with van der Waals surface area (Å²) < 4.78 is 59.7. The third-order valence-electron chi connectivity index (χ3n) is 4.36. The second-order valence-electron chi connectivity index (χ2n) is 6.74. The fraction of sp³-hybridized carbons (Fsp3) is 0.250. The van der Waals surface area contributed by atoms with Crippen LogP contribution in [0, 0.1) is 11.6 Å². The van der Waals surface area contributed by atoms with E-state index in [1.54, 1.807) is 6.92 Å². The van der Waals surface area contributed by atoms with Crippen LogP contribution in [0.1, 0.15) is 17.3 Å². The molecule has 0 saturated carbocycles. The van der Waals surface area contributed by atoms with Gasteiger partial charge in [-0.2, -0.15) is 4.99 Å². The lowest BCUT2D eigenvalue weighted by Gasteiger charge is -2.11. The molecule has 0 atom stereocenters. The van der Waals surface area contributed by atoms with Gasteiger partial charge in [0.05, 0.1) is 21.7 Å². The fourth-order valence-corrected chi connectivity index (χ4v) is 4.80. The summed E-state index contributed by atoms with van der Waals surface area (Å²) in [5, 5.41) is 0. The summed E-state index contributed by atoms with van der Waals surface area (Å²) in [4.78, 5) is 28.6. The first-order chi connectivity index (χ1) is 15.0. The van der Waals surface area contributed by atoms with Gasteiger partial charge >= 0.3 is 5.97 Å². The minimum absolute atomic E-state index is 0.00386. The molecule has 12 heteroatoms. The molecule has 170 valence electrons. The van der Waals surface area contributed by atoms with Gasteiger partial charge in [0.1, 0.15) is 12.4 Å². The number of sulfonamides is 1. The number of aromatic nitrogens is 1.